The molecule has 0 spiro atoms. The molecule has 1 nitrogen and oxygen atoms in total. The molecule has 1 aliphatic heterocycles. The highest BCUT2D eigenvalue weighted by molar-refractivity contribution is 5.07. The number of hydrogen-bond donors (Lipinski definition) is 0. The third-order valence-electron chi connectivity index (χ3n) is 2.88. The number of rotatable bonds is 1. The maximum absolute atomic E-state index is 5.58. The summed E-state index contributed by atoms with van der Waals surface area (Å²) in [7, 11) is 0. The van der Waals surface area contributed by atoms with Gasteiger partial charge in [-0.1, -0.05) is 18.1 Å². The van der Waals surface area contributed by atoms with E-state index in [-0.39, 0.29) is 0 Å². The van der Waals surface area contributed by atoms with Crippen LogP contribution in [0.2, 0.25) is 0 Å². The Morgan fingerprint density at radius 3 is 2.58 bits per heavy atom. The first-order chi connectivity index (χ1) is 5.95. The predicted molar refractivity (Wildman–Crippen MR) is 50.1 cm³/mol. The van der Waals surface area contributed by atoms with Crippen molar-refractivity contribution in [2.24, 2.45) is 0 Å². The van der Waals surface area contributed by atoms with Gasteiger partial charge in [0.2, 0.25) is 0 Å². The van der Waals surface area contributed by atoms with Crippen LogP contribution < -0.4 is 0 Å². The summed E-state index contributed by atoms with van der Waals surface area (Å²) in [5.74, 6) is 0. The van der Waals surface area contributed by atoms with Gasteiger partial charge in [-0.2, -0.15) is 0 Å². The van der Waals surface area contributed by atoms with E-state index >= 15 is 0 Å². The molecule has 1 heteroatoms. The van der Waals surface area contributed by atoms with Gasteiger partial charge in [0.15, 0.2) is 0 Å². The molecule has 0 unspecified atom stereocenters. The highest BCUT2D eigenvalue weighted by Gasteiger charge is 2.14. The standard InChI is InChI=1S/C11H18O/c1-2-5-10(6-3-1)9-11-7-4-8-12-11/h9,11H,1-8H2/t11-/m1/s1. The van der Waals surface area contributed by atoms with Crippen molar-refractivity contribution in [3.05, 3.63) is 11.6 Å². The molecule has 2 rings (SSSR count). The molecular weight excluding hydrogens is 148 g/mol. The van der Waals surface area contributed by atoms with Gasteiger partial charge in [-0.3, -0.25) is 0 Å². The number of hydrogen-bond acceptors (Lipinski definition) is 1. The molecule has 68 valence electrons. The summed E-state index contributed by atoms with van der Waals surface area (Å²) in [5.41, 5.74) is 1.66. The molecule has 0 aromatic carbocycles. The monoisotopic (exact) mass is 166 g/mol. The molecule has 2 aliphatic rings. The first kappa shape index (κ1) is 8.31. The summed E-state index contributed by atoms with van der Waals surface area (Å²) in [6.45, 7) is 0.981. The van der Waals surface area contributed by atoms with Gasteiger partial charge in [0, 0.05) is 6.61 Å². The maximum Gasteiger partial charge on any atom is 0.0759 e. The zero-order valence-corrected chi connectivity index (χ0v) is 7.72. The van der Waals surface area contributed by atoms with E-state index in [9.17, 15) is 0 Å². The Bertz CT molecular complexity index is 158. The topological polar surface area (TPSA) is 9.23 Å². The molecule has 1 aliphatic carbocycles. The third-order valence-corrected chi connectivity index (χ3v) is 2.88. The minimum Gasteiger partial charge on any atom is -0.374 e. The van der Waals surface area contributed by atoms with Crippen molar-refractivity contribution in [1.82, 2.24) is 0 Å². The fraction of sp³-hybridized carbons (Fsp3) is 0.818. The van der Waals surface area contributed by atoms with E-state index in [1.54, 1.807) is 5.57 Å². The molecule has 1 saturated carbocycles. The second-order valence-corrected chi connectivity index (χ2v) is 3.94. The molecule has 1 atom stereocenters. The molecule has 0 amide bonds. The fourth-order valence-electron chi connectivity index (χ4n) is 2.17. The van der Waals surface area contributed by atoms with Crippen LogP contribution in [0.1, 0.15) is 44.9 Å². The van der Waals surface area contributed by atoms with E-state index in [0.717, 1.165) is 6.61 Å². The van der Waals surface area contributed by atoms with Gasteiger partial charge in [0.25, 0.3) is 0 Å². The molecule has 0 N–H and O–H groups in total. The summed E-state index contributed by atoms with van der Waals surface area (Å²) in [6, 6.07) is 0. The lowest BCUT2D eigenvalue weighted by atomic mass is 9.93. The van der Waals surface area contributed by atoms with Crippen LogP contribution in [-0.4, -0.2) is 12.7 Å². The van der Waals surface area contributed by atoms with Gasteiger partial charge in [-0.05, 0) is 38.5 Å². The van der Waals surface area contributed by atoms with Crippen LogP contribution in [0.3, 0.4) is 0 Å². The lowest BCUT2D eigenvalue weighted by Crippen LogP contribution is -2.03. The Morgan fingerprint density at radius 2 is 1.92 bits per heavy atom. The highest BCUT2D eigenvalue weighted by Crippen LogP contribution is 2.25. The quantitative estimate of drug-likeness (QED) is 0.544. The molecule has 0 radical (unpaired) electrons. The highest BCUT2D eigenvalue weighted by atomic mass is 16.5. The van der Waals surface area contributed by atoms with Gasteiger partial charge < -0.3 is 4.74 Å². The molecule has 1 heterocycles. The van der Waals surface area contributed by atoms with Crippen LogP contribution in [0.4, 0.5) is 0 Å². The number of allylic oxidation sites excluding steroid dienone is 1. The first-order valence-electron chi connectivity index (χ1n) is 5.26. The molecule has 0 aromatic rings. The van der Waals surface area contributed by atoms with Crippen molar-refractivity contribution in [1.29, 1.82) is 0 Å². The van der Waals surface area contributed by atoms with Crippen molar-refractivity contribution >= 4 is 0 Å². The summed E-state index contributed by atoms with van der Waals surface area (Å²) < 4.78 is 5.58. The van der Waals surface area contributed by atoms with Crippen molar-refractivity contribution in [2.75, 3.05) is 6.61 Å². The lowest BCUT2D eigenvalue weighted by Gasteiger charge is -2.15. The maximum atomic E-state index is 5.58. The van der Waals surface area contributed by atoms with Crippen molar-refractivity contribution < 1.29 is 4.74 Å². The Morgan fingerprint density at radius 1 is 1.08 bits per heavy atom. The SMILES string of the molecule is C(=C1CCCCC1)[C@H]1CCCO1. The van der Waals surface area contributed by atoms with Crippen molar-refractivity contribution in [3.63, 3.8) is 0 Å². The smallest absolute Gasteiger partial charge is 0.0759 e. The van der Waals surface area contributed by atoms with Gasteiger partial charge in [-0.15, -0.1) is 0 Å². The average molecular weight is 166 g/mol. The van der Waals surface area contributed by atoms with Crippen LogP contribution in [0.15, 0.2) is 11.6 Å². The predicted octanol–water partition coefficient (Wildman–Crippen LogP) is 3.06. The zero-order chi connectivity index (χ0) is 8.23. The summed E-state index contributed by atoms with van der Waals surface area (Å²) in [4.78, 5) is 0. The van der Waals surface area contributed by atoms with E-state index in [1.165, 1.54) is 44.9 Å². The Balaban J connectivity index is 1.87. The first-order valence-corrected chi connectivity index (χ1v) is 5.26. The normalized spacial score (nSPS) is 30.7. The fourth-order valence-corrected chi connectivity index (χ4v) is 2.17. The lowest BCUT2D eigenvalue weighted by molar-refractivity contribution is 0.144. The minimum absolute atomic E-state index is 0.470. The molecular formula is C11H18O. The molecule has 0 aromatic heterocycles. The van der Waals surface area contributed by atoms with E-state index in [4.69, 9.17) is 4.74 Å². The number of ether oxygens (including phenoxy) is 1. The second-order valence-electron chi connectivity index (χ2n) is 3.94. The third kappa shape index (κ3) is 2.10. The van der Waals surface area contributed by atoms with Gasteiger partial charge in [0.05, 0.1) is 6.10 Å². The molecule has 1 saturated heterocycles. The van der Waals surface area contributed by atoms with Crippen LogP contribution in [0, 0.1) is 0 Å². The van der Waals surface area contributed by atoms with E-state index in [1.807, 2.05) is 0 Å². The summed E-state index contributed by atoms with van der Waals surface area (Å²) in [5, 5.41) is 0. The Kier molecular flexibility index (Phi) is 2.83. The summed E-state index contributed by atoms with van der Waals surface area (Å²) in [6.07, 6.45) is 12.3. The molecule has 0 bridgehead atoms. The van der Waals surface area contributed by atoms with Crippen molar-refractivity contribution in [2.45, 2.75) is 51.0 Å². The average Bonchev–Trinajstić information content (AvgIpc) is 2.59. The van der Waals surface area contributed by atoms with Crippen molar-refractivity contribution in [3.8, 4) is 0 Å². The van der Waals surface area contributed by atoms with E-state index in [0.29, 0.717) is 6.10 Å². The van der Waals surface area contributed by atoms with Crippen LogP contribution in [0.25, 0.3) is 0 Å². The van der Waals surface area contributed by atoms with Crippen LogP contribution in [0.5, 0.6) is 0 Å². The van der Waals surface area contributed by atoms with Crippen LogP contribution >= 0.6 is 0 Å². The Hall–Kier alpha value is -0.300. The summed E-state index contributed by atoms with van der Waals surface area (Å²) >= 11 is 0. The van der Waals surface area contributed by atoms with Crippen LogP contribution in [-0.2, 0) is 4.74 Å². The largest absolute Gasteiger partial charge is 0.374 e. The van der Waals surface area contributed by atoms with E-state index in [2.05, 4.69) is 6.08 Å². The molecule has 2 fully saturated rings. The van der Waals surface area contributed by atoms with Gasteiger partial charge >= 0.3 is 0 Å². The minimum atomic E-state index is 0.470. The molecule has 12 heavy (non-hydrogen) atoms. The van der Waals surface area contributed by atoms with Gasteiger partial charge in [-0.25, -0.2) is 0 Å². The van der Waals surface area contributed by atoms with E-state index < -0.39 is 0 Å². The second kappa shape index (κ2) is 4.08. The van der Waals surface area contributed by atoms with Gasteiger partial charge in [0.1, 0.15) is 0 Å². The Labute approximate surface area is 74.8 Å². The zero-order valence-electron chi connectivity index (χ0n) is 7.72.